The Morgan fingerprint density at radius 1 is 1.29 bits per heavy atom. The average molecular weight is 370 g/mol. The van der Waals surface area contributed by atoms with Crippen LogP contribution >= 0.6 is 15.9 Å². The van der Waals surface area contributed by atoms with Crippen LogP contribution in [0.15, 0.2) is 22.7 Å². The minimum absolute atomic E-state index is 0.0660. The molecule has 0 atom stereocenters. The molecule has 0 aliphatic carbocycles. The van der Waals surface area contributed by atoms with E-state index in [0.29, 0.717) is 4.47 Å². The van der Waals surface area contributed by atoms with Gasteiger partial charge >= 0.3 is 6.61 Å². The molecule has 1 amide bonds. The summed E-state index contributed by atoms with van der Waals surface area (Å²) < 4.78 is 55.7. The van der Waals surface area contributed by atoms with Crippen LogP contribution in [-0.4, -0.2) is 36.4 Å². The molecule has 1 aromatic carbocycles. The number of nitrogens with zero attached hydrogens (tertiary/aromatic N) is 1. The Balaban J connectivity index is 2.19. The van der Waals surface area contributed by atoms with E-state index in [9.17, 15) is 22.4 Å². The van der Waals surface area contributed by atoms with Crippen LogP contribution in [0.4, 0.5) is 17.6 Å². The van der Waals surface area contributed by atoms with Crippen molar-refractivity contribution in [1.82, 2.24) is 4.90 Å². The number of amides is 1. The van der Waals surface area contributed by atoms with Crippen molar-refractivity contribution in [3.63, 3.8) is 0 Å². The standard InChI is InChI=1S/C13H12BrF4NO2/c14-8-1-2-9(10(7-8)21-12(15)16)11(20)19-5-3-13(17,18)4-6-19/h1-2,7,12H,3-6H2. The summed E-state index contributed by atoms with van der Waals surface area (Å²) in [4.78, 5) is 13.5. The lowest BCUT2D eigenvalue weighted by molar-refractivity contribution is -0.0521. The van der Waals surface area contributed by atoms with Gasteiger partial charge in [0.25, 0.3) is 11.8 Å². The van der Waals surface area contributed by atoms with E-state index in [1.165, 1.54) is 23.1 Å². The van der Waals surface area contributed by atoms with Crippen molar-refractivity contribution in [3.8, 4) is 5.75 Å². The molecule has 1 heterocycles. The molecule has 0 radical (unpaired) electrons. The SMILES string of the molecule is O=C(c1ccc(Br)cc1OC(F)F)N1CCC(F)(F)CC1. The van der Waals surface area contributed by atoms with Crippen LogP contribution < -0.4 is 4.74 Å². The Morgan fingerprint density at radius 2 is 1.90 bits per heavy atom. The van der Waals surface area contributed by atoms with Gasteiger partial charge in [-0.3, -0.25) is 4.79 Å². The summed E-state index contributed by atoms with van der Waals surface area (Å²) in [5.74, 6) is -3.64. The maximum absolute atomic E-state index is 13.1. The van der Waals surface area contributed by atoms with E-state index < -0.39 is 31.3 Å². The van der Waals surface area contributed by atoms with Crippen molar-refractivity contribution >= 4 is 21.8 Å². The third-order valence-electron chi connectivity index (χ3n) is 3.17. The first-order valence-corrected chi connectivity index (χ1v) is 6.99. The van der Waals surface area contributed by atoms with Gasteiger partial charge in [0.1, 0.15) is 5.75 Å². The number of carbonyl (C=O) groups is 1. The molecule has 0 N–H and O–H groups in total. The van der Waals surface area contributed by atoms with Crippen LogP contribution in [0.3, 0.4) is 0 Å². The molecule has 3 nitrogen and oxygen atoms in total. The Kier molecular flexibility index (Phi) is 4.75. The van der Waals surface area contributed by atoms with Crippen LogP contribution in [0.2, 0.25) is 0 Å². The molecule has 1 saturated heterocycles. The minimum atomic E-state index is -3.07. The van der Waals surface area contributed by atoms with Gasteiger partial charge < -0.3 is 9.64 Å². The second-order valence-corrected chi connectivity index (χ2v) is 5.58. The van der Waals surface area contributed by atoms with E-state index in [1.54, 1.807) is 0 Å². The maximum Gasteiger partial charge on any atom is 0.387 e. The number of benzene rings is 1. The third kappa shape index (κ3) is 4.09. The first-order valence-electron chi connectivity index (χ1n) is 6.20. The van der Waals surface area contributed by atoms with Crippen LogP contribution in [0.25, 0.3) is 0 Å². The zero-order chi connectivity index (χ0) is 15.6. The summed E-state index contributed by atoms with van der Waals surface area (Å²) in [6.07, 6.45) is -0.861. The molecule has 1 fully saturated rings. The molecule has 21 heavy (non-hydrogen) atoms. The lowest BCUT2D eigenvalue weighted by atomic mass is 10.1. The van der Waals surface area contributed by atoms with Crippen LogP contribution in [0.5, 0.6) is 5.75 Å². The molecule has 1 aliphatic rings. The summed E-state index contributed by atoms with van der Waals surface area (Å²) in [6, 6.07) is 4.08. The summed E-state index contributed by atoms with van der Waals surface area (Å²) in [5.41, 5.74) is -0.0660. The summed E-state index contributed by atoms with van der Waals surface area (Å²) in [5, 5.41) is 0. The molecule has 2 rings (SSSR count). The molecule has 8 heteroatoms. The first kappa shape index (κ1) is 16.1. The number of hydrogen-bond acceptors (Lipinski definition) is 2. The van der Waals surface area contributed by atoms with E-state index in [4.69, 9.17) is 0 Å². The molecular formula is C13H12BrF4NO2. The Hall–Kier alpha value is -1.31. The van der Waals surface area contributed by atoms with Crippen molar-refractivity contribution in [3.05, 3.63) is 28.2 Å². The fourth-order valence-electron chi connectivity index (χ4n) is 2.07. The van der Waals surface area contributed by atoms with Gasteiger partial charge in [-0.25, -0.2) is 8.78 Å². The van der Waals surface area contributed by atoms with E-state index in [-0.39, 0.29) is 24.4 Å². The first-order chi connectivity index (χ1) is 9.78. The topological polar surface area (TPSA) is 29.5 Å². The smallest absolute Gasteiger partial charge is 0.387 e. The molecule has 1 aliphatic heterocycles. The number of halogens is 5. The van der Waals surface area contributed by atoms with Gasteiger partial charge in [-0.1, -0.05) is 15.9 Å². The molecule has 116 valence electrons. The van der Waals surface area contributed by atoms with Gasteiger partial charge in [0, 0.05) is 30.4 Å². The largest absolute Gasteiger partial charge is 0.434 e. The van der Waals surface area contributed by atoms with E-state index >= 15 is 0 Å². The van der Waals surface area contributed by atoms with Crippen molar-refractivity contribution in [2.24, 2.45) is 0 Å². The van der Waals surface area contributed by atoms with Gasteiger partial charge in [0.15, 0.2) is 0 Å². The Morgan fingerprint density at radius 3 is 2.48 bits per heavy atom. The molecular weight excluding hydrogens is 358 g/mol. The summed E-state index contributed by atoms with van der Waals surface area (Å²) in [7, 11) is 0. The van der Waals surface area contributed by atoms with Crippen molar-refractivity contribution in [1.29, 1.82) is 0 Å². The third-order valence-corrected chi connectivity index (χ3v) is 3.67. The highest BCUT2D eigenvalue weighted by molar-refractivity contribution is 9.10. The fraction of sp³-hybridized carbons (Fsp3) is 0.462. The number of likely N-dealkylation sites (tertiary alicyclic amines) is 1. The monoisotopic (exact) mass is 369 g/mol. The number of carbonyl (C=O) groups excluding carboxylic acids is 1. The van der Waals surface area contributed by atoms with Gasteiger partial charge in [-0.05, 0) is 18.2 Å². The molecule has 0 spiro atoms. The van der Waals surface area contributed by atoms with E-state index in [0.717, 1.165) is 0 Å². The second-order valence-electron chi connectivity index (χ2n) is 4.67. The van der Waals surface area contributed by atoms with Gasteiger partial charge in [0.2, 0.25) is 0 Å². The number of ether oxygens (including phenoxy) is 1. The zero-order valence-electron chi connectivity index (χ0n) is 10.8. The van der Waals surface area contributed by atoms with Crippen LogP contribution in [0.1, 0.15) is 23.2 Å². The fourth-order valence-corrected chi connectivity index (χ4v) is 2.41. The molecule has 0 bridgehead atoms. The zero-order valence-corrected chi connectivity index (χ0v) is 12.4. The number of piperidine rings is 1. The van der Waals surface area contributed by atoms with Crippen LogP contribution in [0, 0.1) is 0 Å². The van der Waals surface area contributed by atoms with Crippen molar-refractivity contribution < 1.29 is 27.1 Å². The Bertz CT molecular complexity index is 529. The molecule has 1 aromatic rings. The van der Waals surface area contributed by atoms with Gasteiger partial charge in [0.05, 0.1) is 5.56 Å². The minimum Gasteiger partial charge on any atom is -0.434 e. The maximum atomic E-state index is 13.1. The van der Waals surface area contributed by atoms with Crippen LogP contribution in [-0.2, 0) is 0 Å². The molecule has 0 saturated carbocycles. The Labute approximate surface area is 127 Å². The molecule has 0 aromatic heterocycles. The van der Waals surface area contributed by atoms with E-state index in [1.807, 2.05) is 0 Å². The number of alkyl halides is 4. The highest BCUT2D eigenvalue weighted by Gasteiger charge is 2.36. The van der Waals surface area contributed by atoms with Crippen molar-refractivity contribution in [2.45, 2.75) is 25.4 Å². The second kappa shape index (κ2) is 6.21. The normalized spacial score (nSPS) is 17.9. The van der Waals surface area contributed by atoms with Gasteiger partial charge in [-0.15, -0.1) is 0 Å². The quantitative estimate of drug-likeness (QED) is 0.755. The summed E-state index contributed by atoms with van der Waals surface area (Å²) in [6.45, 7) is -3.30. The highest BCUT2D eigenvalue weighted by atomic mass is 79.9. The number of hydrogen-bond donors (Lipinski definition) is 0. The average Bonchev–Trinajstić information content (AvgIpc) is 2.37. The predicted molar refractivity (Wildman–Crippen MR) is 70.9 cm³/mol. The highest BCUT2D eigenvalue weighted by Crippen LogP contribution is 2.31. The summed E-state index contributed by atoms with van der Waals surface area (Å²) >= 11 is 3.10. The van der Waals surface area contributed by atoms with Crippen molar-refractivity contribution in [2.75, 3.05) is 13.1 Å². The number of rotatable bonds is 3. The van der Waals surface area contributed by atoms with E-state index in [2.05, 4.69) is 20.7 Å². The lowest BCUT2D eigenvalue weighted by Crippen LogP contribution is -2.42. The van der Waals surface area contributed by atoms with Gasteiger partial charge in [-0.2, -0.15) is 8.78 Å². The molecule has 0 unspecified atom stereocenters. The lowest BCUT2D eigenvalue weighted by Gasteiger charge is -2.32. The predicted octanol–water partition coefficient (Wildman–Crippen LogP) is 3.92.